The van der Waals surface area contributed by atoms with Gasteiger partial charge in [0, 0.05) is 17.9 Å². The zero-order chi connectivity index (χ0) is 11.5. The van der Waals surface area contributed by atoms with Crippen LogP contribution in [0.15, 0.2) is 33.3 Å². The van der Waals surface area contributed by atoms with Gasteiger partial charge in [0.25, 0.3) is 0 Å². The molecule has 0 atom stereocenters. The fourth-order valence-electron chi connectivity index (χ4n) is 1.33. The molecule has 0 N–H and O–H groups in total. The largest absolute Gasteiger partial charge is 0.441 e. The molecule has 2 aromatic rings. The third-order valence-electron chi connectivity index (χ3n) is 2.08. The first-order valence-electron chi connectivity index (χ1n) is 4.67. The van der Waals surface area contributed by atoms with E-state index in [1.165, 1.54) is 6.07 Å². The molecule has 2 nitrogen and oxygen atoms in total. The Morgan fingerprint density at radius 1 is 1.44 bits per heavy atom. The summed E-state index contributed by atoms with van der Waals surface area (Å²) >= 11 is 8.75. The maximum Gasteiger partial charge on any atom is 0.196 e. The van der Waals surface area contributed by atoms with Crippen LogP contribution in [0.25, 0.3) is 11.3 Å². The van der Waals surface area contributed by atoms with Crippen LogP contribution in [0.5, 0.6) is 0 Å². The fraction of sp³-hybridized carbons (Fsp3) is 0.182. The molecule has 0 bridgehead atoms. The van der Waals surface area contributed by atoms with Gasteiger partial charge in [0.1, 0.15) is 5.82 Å². The number of oxazole rings is 1. The molecule has 0 saturated carbocycles. The molecule has 0 aliphatic heterocycles. The van der Waals surface area contributed by atoms with Gasteiger partial charge >= 0.3 is 0 Å². The zero-order valence-electron chi connectivity index (χ0n) is 8.21. The number of rotatable bonds is 3. The number of halogens is 3. The van der Waals surface area contributed by atoms with Crippen molar-refractivity contribution in [2.75, 3.05) is 5.88 Å². The smallest absolute Gasteiger partial charge is 0.196 e. The third kappa shape index (κ3) is 2.28. The molecule has 16 heavy (non-hydrogen) atoms. The Morgan fingerprint density at radius 2 is 2.25 bits per heavy atom. The van der Waals surface area contributed by atoms with E-state index in [0.717, 1.165) is 0 Å². The number of aromatic nitrogens is 1. The predicted octanol–water partition coefficient (Wildman–Crippen LogP) is 4.02. The first-order chi connectivity index (χ1) is 7.72. The maximum atomic E-state index is 13.3. The molecule has 0 unspecified atom stereocenters. The highest BCUT2D eigenvalue weighted by molar-refractivity contribution is 9.10. The van der Waals surface area contributed by atoms with Gasteiger partial charge in [0.05, 0.1) is 10.7 Å². The lowest BCUT2D eigenvalue weighted by molar-refractivity contribution is 0.513. The van der Waals surface area contributed by atoms with Crippen LogP contribution in [0.2, 0.25) is 0 Å². The topological polar surface area (TPSA) is 26.0 Å². The minimum atomic E-state index is -0.326. The normalized spacial score (nSPS) is 10.7. The lowest BCUT2D eigenvalue weighted by atomic mass is 10.2. The van der Waals surface area contributed by atoms with E-state index in [2.05, 4.69) is 20.9 Å². The quantitative estimate of drug-likeness (QED) is 0.800. The first-order valence-corrected chi connectivity index (χ1v) is 6.00. The number of benzene rings is 1. The van der Waals surface area contributed by atoms with Gasteiger partial charge in [0.15, 0.2) is 11.7 Å². The molecule has 0 aliphatic rings. The summed E-state index contributed by atoms with van der Waals surface area (Å²) in [5.41, 5.74) is 0.647. The van der Waals surface area contributed by atoms with E-state index in [1.807, 2.05) is 0 Å². The second kappa shape index (κ2) is 4.97. The summed E-state index contributed by atoms with van der Waals surface area (Å²) in [6.45, 7) is 0. The second-order valence-corrected chi connectivity index (χ2v) is 4.33. The average molecular weight is 305 g/mol. The highest BCUT2D eigenvalue weighted by Gasteiger charge is 2.11. The molecule has 0 saturated heterocycles. The summed E-state index contributed by atoms with van der Waals surface area (Å²) in [4.78, 5) is 4.06. The highest BCUT2D eigenvalue weighted by Crippen LogP contribution is 2.30. The zero-order valence-corrected chi connectivity index (χ0v) is 10.6. The van der Waals surface area contributed by atoms with Crippen LogP contribution in [-0.4, -0.2) is 10.9 Å². The van der Waals surface area contributed by atoms with Crippen LogP contribution in [0.1, 0.15) is 5.89 Å². The van der Waals surface area contributed by atoms with Crippen molar-refractivity contribution in [2.24, 2.45) is 0 Å². The summed E-state index contributed by atoms with van der Waals surface area (Å²) in [5.74, 6) is 1.21. The van der Waals surface area contributed by atoms with Crippen LogP contribution >= 0.6 is 27.5 Å². The van der Waals surface area contributed by atoms with Crippen LogP contribution in [0.3, 0.4) is 0 Å². The van der Waals surface area contributed by atoms with Crippen LogP contribution in [0, 0.1) is 5.82 Å². The van der Waals surface area contributed by atoms with Crippen LogP contribution in [0.4, 0.5) is 4.39 Å². The Balaban J connectivity index is 2.39. The lowest BCUT2D eigenvalue weighted by Crippen LogP contribution is -1.84. The highest BCUT2D eigenvalue weighted by atomic mass is 79.9. The number of hydrogen-bond acceptors (Lipinski definition) is 2. The average Bonchev–Trinajstić information content (AvgIpc) is 2.71. The maximum absolute atomic E-state index is 13.3. The Kier molecular flexibility index (Phi) is 3.61. The molecular formula is C11H8BrClFNO. The number of aryl methyl sites for hydroxylation is 1. The molecule has 0 fully saturated rings. The molecule has 2 rings (SSSR count). The molecular weight excluding hydrogens is 296 g/mol. The van der Waals surface area contributed by atoms with Gasteiger partial charge in [-0.05, 0) is 28.1 Å². The summed E-state index contributed by atoms with van der Waals surface area (Å²) < 4.78 is 19.1. The molecule has 5 heteroatoms. The second-order valence-electron chi connectivity index (χ2n) is 3.16. The van der Waals surface area contributed by atoms with Gasteiger partial charge in [-0.2, -0.15) is 0 Å². The Hall–Kier alpha value is -0.870. The SMILES string of the molecule is Fc1cccc(-c2cnc(CCCl)o2)c1Br. The van der Waals surface area contributed by atoms with E-state index < -0.39 is 0 Å². The standard InChI is InChI=1S/C11H8BrClFNO/c12-11-7(2-1-3-8(11)14)9-6-15-10(16-9)4-5-13/h1-3,6H,4-5H2. The number of nitrogens with zero attached hydrogens (tertiary/aromatic N) is 1. The molecule has 1 heterocycles. The van der Waals surface area contributed by atoms with Gasteiger partial charge in [-0.25, -0.2) is 9.37 Å². The summed E-state index contributed by atoms with van der Waals surface area (Å²) in [5, 5.41) is 0. The van der Waals surface area contributed by atoms with Crippen LogP contribution in [-0.2, 0) is 6.42 Å². The van der Waals surface area contributed by atoms with Gasteiger partial charge in [-0.3, -0.25) is 0 Å². The van der Waals surface area contributed by atoms with Gasteiger partial charge in [0.2, 0.25) is 0 Å². The third-order valence-corrected chi connectivity index (χ3v) is 3.07. The van der Waals surface area contributed by atoms with Gasteiger partial charge in [-0.1, -0.05) is 6.07 Å². The summed E-state index contributed by atoms with van der Waals surface area (Å²) in [6, 6.07) is 4.76. The molecule has 0 spiro atoms. The van der Waals surface area contributed by atoms with Gasteiger partial charge < -0.3 is 4.42 Å². The predicted molar refractivity (Wildman–Crippen MR) is 64.0 cm³/mol. The molecule has 0 aliphatic carbocycles. The minimum Gasteiger partial charge on any atom is -0.441 e. The Labute approximate surface area is 106 Å². The first kappa shape index (κ1) is 11.6. The van der Waals surface area contributed by atoms with E-state index >= 15 is 0 Å². The molecule has 1 aromatic heterocycles. The molecule has 1 aromatic carbocycles. The van der Waals surface area contributed by atoms with Crippen molar-refractivity contribution in [1.29, 1.82) is 0 Å². The minimum absolute atomic E-state index is 0.326. The van der Waals surface area contributed by atoms with Crippen molar-refractivity contribution in [3.63, 3.8) is 0 Å². The molecule has 84 valence electrons. The van der Waals surface area contributed by atoms with Crippen molar-refractivity contribution in [3.8, 4) is 11.3 Å². The van der Waals surface area contributed by atoms with Gasteiger partial charge in [-0.15, -0.1) is 11.6 Å². The number of alkyl halides is 1. The van der Waals surface area contributed by atoms with Crippen molar-refractivity contribution in [1.82, 2.24) is 4.98 Å². The van der Waals surface area contributed by atoms with E-state index in [1.54, 1.807) is 18.3 Å². The van der Waals surface area contributed by atoms with Crippen molar-refractivity contribution in [3.05, 3.63) is 40.6 Å². The van der Waals surface area contributed by atoms with E-state index in [0.29, 0.717) is 34.0 Å². The Bertz CT molecular complexity index is 500. The Morgan fingerprint density at radius 3 is 3.00 bits per heavy atom. The fourth-order valence-corrected chi connectivity index (χ4v) is 1.95. The summed E-state index contributed by atoms with van der Waals surface area (Å²) in [6.07, 6.45) is 2.13. The van der Waals surface area contributed by atoms with E-state index in [4.69, 9.17) is 16.0 Å². The van der Waals surface area contributed by atoms with Crippen molar-refractivity contribution in [2.45, 2.75) is 6.42 Å². The monoisotopic (exact) mass is 303 g/mol. The number of hydrogen-bond donors (Lipinski definition) is 0. The molecule has 0 radical (unpaired) electrons. The van der Waals surface area contributed by atoms with Crippen molar-refractivity contribution < 1.29 is 8.81 Å². The summed E-state index contributed by atoms with van der Waals surface area (Å²) in [7, 11) is 0. The van der Waals surface area contributed by atoms with E-state index in [9.17, 15) is 4.39 Å². The van der Waals surface area contributed by atoms with E-state index in [-0.39, 0.29) is 5.82 Å². The molecule has 0 amide bonds. The lowest BCUT2D eigenvalue weighted by Gasteiger charge is -2.00. The van der Waals surface area contributed by atoms with Crippen LogP contribution < -0.4 is 0 Å². The van der Waals surface area contributed by atoms with Crippen molar-refractivity contribution >= 4 is 27.5 Å².